The average molecular weight is 130 g/mol. The first kappa shape index (κ1) is 6.51. The minimum atomic E-state index is -0.415. The molecule has 0 aromatic rings. The summed E-state index contributed by atoms with van der Waals surface area (Å²) in [5, 5.41) is 11.1. The lowest BCUT2D eigenvalue weighted by molar-refractivity contribution is -0.120. The predicted octanol–water partition coefficient (Wildman–Crippen LogP) is -1.81. The Morgan fingerprint density at radius 1 is 1.89 bits per heavy atom. The van der Waals surface area contributed by atoms with Gasteiger partial charge in [-0.2, -0.15) is 0 Å². The normalized spacial score (nSPS) is 34.7. The quantitative estimate of drug-likeness (QED) is 0.392. The minimum Gasteiger partial charge on any atom is -0.394 e. The van der Waals surface area contributed by atoms with Gasteiger partial charge in [0.15, 0.2) is 0 Å². The first-order valence-electron chi connectivity index (χ1n) is 2.91. The summed E-state index contributed by atoms with van der Waals surface area (Å²) in [7, 11) is 0. The fourth-order valence-electron chi connectivity index (χ4n) is 0.901. The molecule has 1 rings (SSSR count). The topological polar surface area (TPSA) is 75.3 Å². The number of carbonyl (C=O) groups excluding carboxylic acids is 1. The molecule has 0 aromatic carbocycles. The average Bonchev–Trinajstić information content (AvgIpc) is 2.13. The number of rotatable bonds is 1. The summed E-state index contributed by atoms with van der Waals surface area (Å²) in [5.74, 6) is -0.158. The van der Waals surface area contributed by atoms with Crippen molar-refractivity contribution in [2.45, 2.75) is 18.5 Å². The third-order valence-corrected chi connectivity index (χ3v) is 1.44. The number of nitrogens with two attached hydrogens (primary N) is 1. The molecule has 4 nitrogen and oxygen atoms in total. The molecule has 1 aliphatic heterocycles. The highest BCUT2D eigenvalue weighted by molar-refractivity contribution is 5.84. The van der Waals surface area contributed by atoms with Crippen LogP contribution in [-0.4, -0.2) is 29.7 Å². The molecule has 0 aliphatic carbocycles. The van der Waals surface area contributed by atoms with Gasteiger partial charge in [-0.25, -0.2) is 0 Å². The zero-order valence-electron chi connectivity index (χ0n) is 5.00. The van der Waals surface area contributed by atoms with Crippen LogP contribution in [0.5, 0.6) is 0 Å². The van der Waals surface area contributed by atoms with Gasteiger partial charge in [0.1, 0.15) is 0 Å². The highest BCUT2D eigenvalue weighted by Crippen LogP contribution is 2.03. The van der Waals surface area contributed by atoms with E-state index in [2.05, 4.69) is 5.32 Å². The van der Waals surface area contributed by atoms with Crippen LogP contribution in [0.2, 0.25) is 0 Å². The highest BCUT2D eigenvalue weighted by Gasteiger charge is 2.27. The smallest absolute Gasteiger partial charge is 0.237 e. The zero-order valence-corrected chi connectivity index (χ0v) is 5.00. The lowest BCUT2D eigenvalue weighted by Gasteiger charge is -2.01. The predicted molar refractivity (Wildman–Crippen MR) is 31.6 cm³/mol. The fraction of sp³-hybridized carbons (Fsp3) is 0.800. The van der Waals surface area contributed by atoms with Crippen LogP contribution in [0.4, 0.5) is 0 Å². The van der Waals surface area contributed by atoms with Crippen molar-refractivity contribution in [2.75, 3.05) is 6.61 Å². The second kappa shape index (κ2) is 2.33. The standard InChI is InChI=1S/C5H10N2O2/c6-4-1-3(2-8)7-5(4)9/h3-4,8H,1-2,6H2,(H,7,9)/t3-,4?/m0/s1. The Labute approximate surface area is 53.0 Å². The van der Waals surface area contributed by atoms with Crippen molar-refractivity contribution in [3.8, 4) is 0 Å². The molecule has 2 atom stereocenters. The maximum absolute atomic E-state index is 10.6. The molecule has 1 aliphatic rings. The third kappa shape index (κ3) is 1.20. The fourth-order valence-corrected chi connectivity index (χ4v) is 0.901. The molecule has 4 heteroatoms. The SMILES string of the molecule is NC1C[C@@H](CO)NC1=O. The molecule has 1 saturated heterocycles. The van der Waals surface area contributed by atoms with Gasteiger partial charge in [0.25, 0.3) is 0 Å². The molecule has 4 N–H and O–H groups in total. The maximum Gasteiger partial charge on any atom is 0.237 e. The monoisotopic (exact) mass is 130 g/mol. The largest absolute Gasteiger partial charge is 0.394 e. The van der Waals surface area contributed by atoms with Crippen LogP contribution < -0.4 is 11.1 Å². The Bertz CT molecular complexity index is 126. The van der Waals surface area contributed by atoms with Crippen molar-refractivity contribution in [1.29, 1.82) is 0 Å². The van der Waals surface area contributed by atoms with Crippen LogP contribution in [0.25, 0.3) is 0 Å². The van der Waals surface area contributed by atoms with Gasteiger partial charge in [-0.3, -0.25) is 4.79 Å². The highest BCUT2D eigenvalue weighted by atomic mass is 16.3. The second-order valence-electron chi connectivity index (χ2n) is 2.23. The van der Waals surface area contributed by atoms with Crippen LogP contribution in [0.15, 0.2) is 0 Å². The summed E-state index contributed by atoms with van der Waals surface area (Å²) in [6.45, 7) is -0.0144. The Morgan fingerprint density at radius 2 is 2.56 bits per heavy atom. The molecular formula is C5H10N2O2. The van der Waals surface area contributed by atoms with Gasteiger partial charge in [0.2, 0.25) is 5.91 Å². The summed E-state index contributed by atoms with van der Waals surface area (Å²) in [5.41, 5.74) is 5.32. The van der Waals surface area contributed by atoms with Crippen molar-refractivity contribution >= 4 is 5.91 Å². The van der Waals surface area contributed by atoms with Gasteiger partial charge in [0, 0.05) is 0 Å². The molecule has 1 heterocycles. The number of carbonyl (C=O) groups is 1. The number of hydrogen-bond acceptors (Lipinski definition) is 3. The second-order valence-corrected chi connectivity index (χ2v) is 2.23. The number of hydrogen-bond donors (Lipinski definition) is 3. The minimum absolute atomic E-state index is 0.0144. The zero-order chi connectivity index (χ0) is 6.85. The molecule has 1 amide bonds. The molecule has 0 radical (unpaired) electrons. The van der Waals surface area contributed by atoms with E-state index in [1.165, 1.54) is 0 Å². The van der Waals surface area contributed by atoms with Gasteiger partial charge in [-0.05, 0) is 6.42 Å². The van der Waals surface area contributed by atoms with E-state index >= 15 is 0 Å². The van der Waals surface area contributed by atoms with Crippen LogP contribution in [-0.2, 0) is 4.79 Å². The van der Waals surface area contributed by atoms with E-state index < -0.39 is 6.04 Å². The van der Waals surface area contributed by atoms with E-state index in [0.29, 0.717) is 6.42 Å². The molecule has 0 bridgehead atoms. The molecule has 0 spiro atoms. The van der Waals surface area contributed by atoms with Crippen LogP contribution in [0, 0.1) is 0 Å². The lowest BCUT2D eigenvalue weighted by atomic mass is 10.2. The summed E-state index contributed by atoms with van der Waals surface area (Å²) >= 11 is 0. The first-order valence-corrected chi connectivity index (χ1v) is 2.91. The van der Waals surface area contributed by atoms with Gasteiger partial charge < -0.3 is 16.2 Å². The van der Waals surface area contributed by atoms with Crippen molar-refractivity contribution < 1.29 is 9.90 Å². The molecular weight excluding hydrogens is 120 g/mol. The number of amides is 1. The van der Waals surface area contributed by atoms with Gasteiger partial charge in [-0.1, -0.05) is 0 Å². The molecule has 9 heavy (non-hydrogen) atoms. The molecule has 1 unspecified atom stereocenters. The van der Waals surface area contributed by atoms with E-state index in [1.54, 1.807) is 0 Å². The summed E-state index contributed by atoms with van der Waals surface area (Å²) in [6.07, 6.45) is 0.551. The molecule has 1 fully saturated rings. The first-order chi connectivity index (χ1) is 4.24. The van der Waals surface area contributed by atoms with E-state index in [4.69, 9.17) is 10.8 Å². The van der Waals surface area contributed by atoms with Crippen LogP contribution in [0.1, 0.15) is 6.42 Å². The van der Waals surface area contributed by atoms with Gasteiger partial charge >= 0.3 is 0 Å². The Balaban J connectivity index is 2.44. The Morgan fingerprint density at radius 3 is 2.78 bits per heavy atom. The number of aliphatic hydroxyl groups is 1. The van der Waals surface area contributed by atoms with E-state index in [9.17, 15) is 4.79 Å². The summed E-state index contributed by atoms with van der Waals surface area (Å²) in [6, 6.07) is -0.533. The van der Waals surface area contributed by atoms with E-state index in [1.807, 2.05) is 0 Å². The van der Waals surface area contributed by atoms with Crippen molar-refractivity contribution in [3.05, 3.63) is 0 Å². The summed E-state index contributed by atoms with van der Waals surface area (Å²) in [4.78, 5) is 10.6. The molecule has 52 valence electrons. The van der Waals surface area contributed by atoms with Crippen LogP contribution in [0.3, 0.4) is 0 Å². The van der Waals surface area contributed by atoms with Crippen molar-refractivity contribution in [1.82, 2.24) is 5.32 Å². The Kier molecular flexibility index (Phi) is 1.68. The Hall–Kier alpha value is -0.610. The summed E-state index contributed by atoms with van der Waals surface area (Å²) < 4.78 is 0. The van der Waals surface area contributed by atoms with E-state index in [-0.39, 0.29) is 18.6 Å². The molecule has 0 saturated carbocycles. The van der Waals surface area contributed by atoms with Gasteiger partial charge in [-0.15, -0.1) is 0 Å². The third-order valence-electron chi connectivity index (χ3n) is 1.44. The number of aliphatic hydroxyl groups excluding tert-OH is 1. The van der Waals surface area contributed by atoms with Crippen molar-refractivity contribution in [2.24, 2.45) is 5.73 Å². The maximum atomic E-state index is 10.6. The van der Waals surface area contributed by atoms with Crippen molar-refractivity contribution in [3.63, 3.8) is 0 Å². The van der Waals surface area contributed by atoms with Gasteiger partial charge in [0.05, 0.1) is 18.7 Å². The van der Waals surface area contributed by atoms with E-state index in [0.717, 1.165) is 0 Å². The lowest BCUT2D eigenvalue weighted by Crippen LogP contribution is -2.32. The number of nitrogens with one attached hydrogen (secondary N) is 1. The van der Waals surface area contributed by atoms with Crippen LogP contribution >= 0.6 is 0 Å². The molecule has 0 aromatic heterocycles.